The van der Waals surface area contributed by atoms with Crippen LogP contribution in [0, 0.1) is 11.3 Å². The van der Waals surface area contributed by atoms with Crippen LogP contribution < -0.4 is 5.32 Å². The summed E-state index contributed by atoms with van der Waals surface area (Å²) >= 11 is 17.7. The molecule has 0 atom stereocenters. The first-order valence-electron chi connectivity index (χ1n) is 6.42. The number of rotatable bonds is 3. The maximum atomic E-state index is 12.2. The number of phenols is 2. The van der Waals surface area contributed by atoms with Gasteiger partial charge in [0.15, 0.2) is 11.5 Å². The molecule has 0 saturated heterocycles. The van der Waals surface area contributed by atoms with Crippen molar-refractivity contribution in [2.24, 2.45) is 0 Å². The molecule has 122 valence electrons. The molecular weight excluding hydrogens is 375 g/mol. The third-order valence-electron chi connectivity index (χ3n) is 2.94. The van der Waals surface area contributed by atoms with E-state index in [4.69, 9.17) is 34.8 Å². The molecule has 2 aromatic carbocycles. The fraction of sp³-hybridized carbons (Fsp3) is 0. The molecule has 8 heteroatoms. The highest BCUT2D eigenvalue weighted by atomic mass is 35.5. The number of aromatic hydroxyl groups is 2. The lowest BCUT2D eigenvalue weighted by atomic mass is 10.1. The van der Waals surface area contributed by atoms with Crippen LogP contribution in [0.2, 0.25) is 15.1 Å². The number of nitrogens with zero attached hydrogens (tertiary/aromatic N) is 1. The van der Waals surface area contributed by atoms with Gasteiger partial charge in [-0.15, -0.1) is 0 Å². The van der Waals surface area contributed by atoms with Gasteiger partial charge in [0.05, 0.1) is 20.8 Å². The van der Waals surface area contributed by atoms with Gasteiger partial charge in [-0.3, -0.25) is 4.79 Å². The Balaban J connectivity index is 2.35. The van der Waals surface area contributed by atoms with Crippen molar-refractivity contribution >= 4 is 52.5 Å². The molecule has 24 heavy (non-hydrogen) atoms. The number of benzene rings is 2. The first-order chi connectivity index (χ1) is 11.3. The Kier molecular flexibility index (Phi) is 5.58. The van der Waals surface area contributed by atoms with Crippen molar-refractivity contribution in [3.05, 3.63) is 56.5 Å². The van der Waals surface area contributed by atoms with Gasteiger partial charge in [-0.1, -0.05) is 40.9 Å². The van der Waals surface area contributed by atoms with Crippen LogP contribution in [-0.4, -0.2) is 16.1 Å². The zero-order valence-electron chi connectivity index (χ0n) is 11.8. The molecule has 0 aliphatic heterocycles. The Morgan fingerprint density at radius 3 is 2.29 bits per heavy atom. The minimum Gasteiger partial charge on any atom is -0.504 e. The molecule has 0 heterocycles. The van der Waals surface area contributed by atoms with Gasteiger partial charge in [0.25, 0.3) is 5.91 Å². The van der Waals surface area contributed by atoms with Gasteiger partial charge in [0.1, 0.15) is 11.6 Å². The second-order valence-electron chi connectivity index (χ2n) is 4.59. The van der Waals surface area contributed by atoms with E-state index in [-0.39, 0.29) is 31.9 Å². The van der Waals surface area contributed by atoms with Crippen molar-refractivity contribution in [3.8, 4) is 17.6 Å². The lowest BCUT2D eigenvalue weighted by Gasteiger charge is -2.08. The van der Waals surface area contributed by atoms with Gasteiger partial charge in [0, 0.05) is 0 Å². The second-order valence-corrected chi connectivity index (χ2v) is 5.81. The van der Waals surface area contributed by atoms with Crippen molar-refractivity contribution in [1.82, 2.24) is 0 Å². The van der Waals surface area contributed by atoms with E-state index in [0.717, 1.165) is 6.07 Å². The molecule has 2 aromatic rings. The first-order valence-corrected chi connectivity index (χ1v) is 7.55. The van der Waals surface area contributed by atoms with E-state index < -0.39 is 17.4 Å². The summed E-state index contributed by atoms with van der Waals surface area (Å²) in [6.07, 6.45) is 1.20. The Morgan fingerprint density at radius 1 is 1.12 bits per heavy atom. The highest BCUT2D eigenvalue weighted by molar-refractivity contribution is 6.40. The topological polar surface area (TPSA) is 93.3 Å². The van der Waals surface area contributed by atoms with Gasteiger partial charge in [-0.2, -0.15) is 5.26 Å². The monoisotopic (exact) mass is 382 g/mol. The first kappa shape index (κ1) is 18.0. The van der Waals surface area contributed by atoms with E-state index in [1.54, 1.807) is 12.1 Å². The zero-order valence-corrected chi connectivity index (χ0v) is 14.1. The summed E-state index contributed by atoms with van der Waals surface area (Å²) in [5.41, 5.74) is 0.165. The van der Waals surface area contributed by atoms with Crippen LogP contribution in [-0.2, 0) is 4.79 Å². The summed E-state index contributed by atoms with van der Waals surface area (Å²) in [5, 5.41) is 30.9. The number of anilines is 1. The van der Waals surface area contributed by atoms with Crippen molar-refractivity contribution < 1.29 is 15.0 Å². The molecule has 3 N–H and O–H groups in total. The minimum absolute atomic E-state index is 0.118. The molecule has 0 aromatic heterocycles. The molecular formula is C16H9Cl3N2O3. The van der Waals surface area contributed by atoms with Crippen LogP contribution in [0.3, 0.4) is 0 Å². The lowest BCUT2D eigenvalue weighted by Crippen LogP contribution is -2.14. The van der Waals surface area contributed by atoms with Crippen molar-refractivity contribution in [2.45, 2.75) is 0 Å². The van der Waals surface area contributed by atoms with Gasteiger partial charge >= 0.3 is 0 Å². The smallest absolute Gasteiger partial charge is 0.266 e. The SMILES string of the molecule is N#C/C(=C\c1cc(O)c(O)c(Cl)c1)C(=O)Nc1c(Cl)cccc1Cl. The van der Waals surface area contributed by atoms with E-state index in [1.807, 2.05) is 0 Å². The Labute approximate surface area is 152 Å². The molecule has 1 amide bonds. The average Bonchev–Trinajstić information content (AvgIpc) is 2.53. The van der Waals surface area contributed by atoms with E-state index in [9.17, 15) is 20.3 Å². The third kappa shape index (κ3) is 3.92. The van der Waals surface area contributed by atoms with Crippen molar-refractivity contribution in [3.63, 3.8) is 0 Å². The van der Waals surface area contributed by atoms with Crippen LogP contribution in [0.25, 0.3) is 6.08 Å². The summed E-state index contributed by atoms with van der Waals surface area (Å²) in [6, 6.07) is 8.89. The summed E-state index contributed by atoms with van der Waals surface area (Å²) < 4.78 is 0. The molecule has 0 fully saturated rings. The zero-order chi connectivity index (χ0) is 17.9. The number of hydrogen-bond donors (Lipinski definition) is 3. The fourth-order valence-electron chi connectivity index (χ4n) is 1.80. The Morgan fingerprint density at radius 2 is 1.75 bits per heavy atom. The summed E-state index contributed by atoms with van der Waals surface area (Å²) in [7, 11) is 0. The number of halogens is 3. The number of amides is 1. The molecule has 5 nitrogen and oxygen atoms in total. The van der Waals surface area contributed by atoms with E-state index in [1.165, 1.54) is 24.3 Å². The highest BCUT2D eigenvalue weighted by Gasteiger charge is 2.15. The standard InChI is InChI=1S/C16H9Cl3N2O3/c17-10-2-1-3-11(18)14(10)21-16(24)9(7-20)4-8-5-12(19)15(23)13(22)6-8/h1-6,22-23H,(H,21,24)/b9-4+. The maximum Gasteiger partial charge on any atom is 0.266 e. The lowest BCUT2D eigenvalue weighted by molar-refractivity contribution is -0.112. The Bertz CT molecular complexity index is 845. The molecule has 0 aliphatic carbocycles. The fourth-order valence-corrected chi connectivity index (χ4v) is 2.52. The van der Waals surface area contributed by atoms with Gasteiger partial charge in [-0.25, -0.2) is 0 Å². The molecule has 0 spiro atoms. The summed E-state index contributed by atoms with van der Waals surface area (Å²) in [4.78, 5) is 12.2. The predicted molar refractivity (Wildman–Crippen MR) is 93.5 cm³/mol. The number of para-hydroxylation sites is 1. The highest BCUT2D eigenvalue weighted by Crippen LogP contribution is 2.35. The molecule has 0 radical (unpaired) electrons. The molecule has 0 aliphatic rings. The van der Waals surface area contributed by atoms with Crippen LogP contribution in [0.4, 0.5) is 5.69 Å². The van der Waals surface area contributed by atoms with Crippen LogP contribution >= 0.6 is 34.8 Å². The molecule has 0 saturated carbocycles. The van der Waals surface area contributed by atoms with Gasteiger partial charge in [0.2, 0.25) is 0 Å². The van der Waals surface area contributed by atoms with E-state index in [2.05, 4.69) is 5.32 Å². The predicted octanol–water partition coefficient (Wildman–Crippen LogP) is 4.60. The van der Waals surface area contributed by atoms with E-state index in [0.29, 0.717) is 0 Å². The largest absolute Gasteiger partial charge is 0.504 e. The van der Waals surface area contributed by atoms with Crippen molar-refractivity contribution in [1.29, 1.82) is 5.26 Å². The quantitative estimate of drug-likeness (QED) is 0.410. The number of carbonyl (C=O) groups is 1. The molecule has 2 rings (SSSR count). The number of phenolic OH excluding ortho intramolecular Hbond substituents is 2. The number of hydrogen-bond acceptors (Lipinski definition) is 4. The van der Waals surface area contributed by atoms with Gasteiger partial charge < -0.3 is 15.5 Å². The number of nitriles is 1. The second kappa shape index (κ2) is 7.45. The van der Waals surface area contributed by atoms with Crippen LogP contribution in [0.1, 0.15) is 5.56 Å². The average molecular weight is 384 g/mol. The summed E-state index contributed by atoms with van der Waals surface area (Å²) in [6.45, 7) is 0. The molecule has 0 bridgehead atoms. The third-order valence-corrected chi connectivity index (χ3v) is 3.86. The summed E-state index contributed by atoms with van der Waals surface area (Å²) in [5.74, 6) is -1.70. The number of carbonyl (C=O) groups excluding carboxylic acids is 1. The maximum absolute atomic E-state index is 12.2. The van der Waals surface area contributed by atoms with Gasteiger partial charge in [-0.05, 0) is 35.9 Å². The number of nitrogens with one attached hydrogen (secondary N) is 1. The van der Waals surface area contributed by atoms with Crippen LogP contribution in [0.15, 0.2) is 35.9 Å². The normalized spacial score (nSPS) is 11.0. The minimum atomic E-state index is -0.740. The van der Waals surface area contributed by atoms with Crippen molar-refractivity contribution in [2.75, 3.05) is 5.32 Å². The van der Waals surface area contributed by atoms with Crippen LogP contribution in [0.5, 0.6) is 11.5 Å². The van der Waals surface area contributed by atoms with E-state index >= 15 is 0 Å². The Hall–Kier alpha value is -2.39. The molecule has 0 unspecified atom stereocenters.